The minimum atomic E-state index is -3.88. The van der Waals surface area contributed by atoms with E-state index in [0.717, 1.165) is 6.07 Å². The Kier molecular flexibility index (Phi) is 5.80. The van der Waals surface area contributed by atoms with Crippen LogP contribution >= 0.6 is 12.2 Å². The van der Waals surface area contributed by atoms with Crippen LogP contribution in [0.5, 0.6) is 0 Å². The summed E-state index contributed by atoms with van der Waals surface area (Å²) >= 11 is 4.68. The number of hydrogen-bond donors (Lipinski definition) is 2. The Hall–Kier alpha value is -1.09. The Bertz CT molecular complexity index is 561. The average molecular weight is 306 g/mol. The fourth-order valence-electron chi connectivity index (χ4n) is 1.44. The molecule has 0 unspecified atom stereocenters. The Balaban J connectivity index is 3.01. The zero-order valence-corrected chi connectivity index (χ0v) is 12.0. The van der Waals surface area contributed by atoms with Gasteiger partial charge in [0.2, 0.25) is 10.0 Å². The minimum Gasteiger partial charge on any atom is -0.389 e. The summed E-state index contributed by atoms with van der Waals surface area (Å²) in [6.07, 6.45) is 0. The van der Waals surface area contributed by atoms with Crippen LogP contribution in [-0.2, 0) is 14.8 Å². The van der Waals surface area contributed by atoms with E-state index < -0.39 is 15.8 Å². The van der Waals surface area contributed by atoms with E-state index in [4.69, 9.17) is 10.5 Å². The fourth-order valence-corrected chi connectivity index (χ4v) is 2.95. The third-order valence-corrected chi connectivity index (χ3v) is 3.96. The fraction of sp³-hybridized carbons (Fsp3) is 0.364. The zero-order valence-electron chi connectivity index (χ0n) is 10.3. The molecule has 0 aromatic heterocycles. The highest BCUT2D eigenvalue weighted by Gasteiger charge is 2.22. The van der Waals surface area contributed by atoms with E-state index in [1.54, 1.807) is 6.92 Å². The molecule has 0 heterocycles. The van der Waals surface area contributed by atoms with E-state index in [-0.39, 0.29) is 28.6 Å². The van der Waals surface area contributed by atoms with Crippen LogP contribution in [0.25, 0.3) is 0 Å². The van der Waals surface area contributed by atoms with Gasteiger partial charge in [-0.3, -0.25) is 0 Å². The zero-order chi connectivity index (χ0) is 14.5. The maximum Gasteiger partial charge on any atom is 0.241 e. The first kappa shape index (κ1) is 16.0. The van der Waals surface area contributed by atoms with Crippen LogP contribution in [0.15, 0.2) is 23.1 Å². The van der Waals surface area contributed by atoms with Crippen LogP contribution in [0, 0.1) is 5.82 Å². The first-order valence-corrected chi connectivity index (χ1v) is 7.45. The second-order valence-corrected chi connectivity index (χ2v) is 5.75. The van der Waals surface area contributed by atoms with Crippen LogP contribution < -0.4 is 10.5 Å². The smallest absolute Gasteiger partial charge is 0.241 e. The van der Waals surface area contributed by atoms with Crippen molar-refractivity contribution in [1.29, 1.82) is 0 Å². The largest absolute Gasteiger partial charge is 0.389 e. The van der Waals surface area contributed by atoms with Crippen LogP contribution in [0.1, 0.15) is 12.5 Å². The molecular formula is C11H15FN2O3S2. The Morgan fingerprint density at radius 1 is 1.53 bits per heavy atom. The van der Waals surface area contributed by atoms with Crippen LogP contribution in [-0.4, -0.2) is 33.2 Å². The number of benzene rings is 1. The molecule has 0 fully saturated rings. The van der Waals surface area contributed by atoms with Gasteiger partial charge in [-0.15, -0.1) is 0 Å². The van der Waals surface area contributed by atoms with Gasteiger partial charge in [-0.1, -0.05) is 18.3 Å². The van der Waals surface area contributed by atoms with Gasteiger partial charge in [0.1, 0.15) is 10.8 Å². The van der Waals surface area contributed by atoms with Crippen molar-refractivity contribution in [3.05, 3.63) is 29.6 Å². The molecule has 0 bridgehead atoms. The molecule has 0 radical (unpaired) electrons. The van der Waals surface area contributed by atoms with Gasteiger partial charge in [-0.05, 0) is 19.1 Å². The number of ether oxygens (including phenoxy) is 1. The van der Waals surface area contributed by atoms with E-state index in [1.807, 2.05) is 0 Å². The molecule has 0 aliphatic rings. The molecule has 0 saturated carbocycles. The van der Waals surface area contributed by atoms with Crippen molar-refractivity contribution in [2.24, 2.45) is 5.73 Å². The summed E-state index contributed by atoms with van der Waals surface area (Å²) in [4.78, 5) is -0.570. The normalized spacial score (nSPS) is 11.5. The molecule has 1 rings (SSSR count). The topological polar surface area (TPSA) is 81.4 Å². The molecular weight excluding hydrogens is 291 g/mol. The van der Waals surface area contributed by atoms with Gasteiger partial charge in [0.05, 0.1) is 17.1 Å². The van der Waals surface area contributed by atoms with Crippen molar-refractivity contribution >= 4 is 27.2 Å². The molecule has 0 aliphatic carbocycles. The number of hydrogen-bond acceptors (Lipinski definition) is 4. The average Bonchev–Trinajstić information content (AvgIpc) is 2.34. The van der Waals surface area contributed by atoms with Crippen LogP contribution in [0.3, 0.4) is 0 Å². The van der Waals surface area contributed by atoms with Gasteiger partial charge in [-0.2, -0.15) is 0 Å². The van der Waals surface area contributed by atoms with Gasteiger partial charge in [0, 0.05) is 13.2 Å². The number of nitrogens with two attached hydrogens (primary N) is 1. The number of sulfonamides is 1. The van der Waals surface area contributed by atoms with Crippen molar-refractivity contribution in [2.75, 3.05) is 19.8 Å². The minimum absolute atomic E-state index is 0.0868. The number of rotatable bonds is 7. The SMILES string of the molecule is CCOCCNS(=O)(=O)c1cccc(F)c1C(N)=S. The summed E-state index contributed by atoms with van der Waals surface area (Å²) in [5.41, 5.74) is 5.09. The van der Waals surface area contributed by atoms with Crippen molar-refractivity contribution in [2.45, 2.75) is 11.8 Å². The second-order valence-electron chi connectivity index (χ2n) is 3.57. The Morgan fingerprint density at radius 3 is 2.79 bits per heavy atom. The molecule has 0 spiro atoms. The summed E-state index contributed by atoms with van der Waals surface area (Å²) in [7, 11) is -3.88. The first-order valence-electron chi connectivity index (χ1n) is 5.56. The standard InChI is InChI=1S/C11H15FN2O3S2/c1-2-17-7-6-14-19(15,16)9-5-3-4-8(12)10(9)11(13)18/h3-5,14H,2,6-7H2,1H3,(H2,13,18). The molecule has 0 amide bonds. The molecule has 106 valence electrons. The summed E-state index contributed by atoms with van der Waals surface area (Å²) in [5.74, 6) is -0.764. The van der Waals surface area contributed by atoms with Gasteiger partial charge in [0.15, 0.2) is 0 Å². The predicted molar refractivity (Wildman–Crippen MR) is 74.0 cm³/mol. The molecule has 1 aromatic rings. The van der Waals surface area contributed by atoms with E-state index >= 15 is 0 Å². The van der Waals surface area contributed by atoms with Crippen molar-refractivity contribution in [3.8, 4) is 0 Å². The van der Waals surface area contributed by atoms with Gasteiger partial charge >= 0.3 is 0 Å². The van der Waals surface area contributed by atoms with E-state index in [1.165, 1.54) is 12.1 Å². The molecule has 0 saturated heterocycles. The summed E-state index contributed by atoms with van der Waals surface area (Å²) in [6.45, 7) is 2.60. The monoisotopic (exact) mass is 306 g/mol. The molecule has 19 heavy (non-hydrogen) atoms. The highest BCUT2D eigenvalue weighted by atomic mass is 32.2. The molecule has 0 atom stereocenters. The lowest BCUT2D eigenvalue weighted by molar-refractivity contribution is 0.153. The Morgan fingerprint density at radius 2 is 2.21 bits per heavy atom. The molecule has 1 aromatic carbocycles. The van der Waals surface area contributed by atoms with Crippen molar-refractivity contribution in [3.63, 3.8) is 0 Å². The number of halogens is 1. The van der Waals surface area contributed by atoms with Gasteiger partial charge < -0.3 is 10.5 Å². The van der Waals surface area contributed by atoms with Crippen molar-refractivity contribution < 1.29 is 17.5 Å². The third kappa shape index (κ3) is 4.20. The van der Waals surface area contributed by atoms with E-state index in [2.05, 4.69) is 16.9 Å². The van der Waals surface area contributed by atoms with Gasteiger partial charge in [0.25, 0.3) is 0 Å². The maximum atomic E-state index is 13.6. The molecule has 0 aliphatic heterocycles. The first-order chi connectivity index (χ1) is 8.90. The Labute approximate surface area is 117 Å². The second kappa shape index (κ2) is 6.90. The quantitative estimate of drug-likeness (QED) is 0.574. The van der Waals surface area contributed by atoms with Crippen LogP contribution in [0.4, 0.5) is 4.39 Å². The third-order valence-electron chi connectivity index (χ3n) is 2.25. The molecule has 5 nitrogen and oxygen atoms in total. The number of nitrogens with one attached hydrogen (secondary N) is 1. The van der Waals surface area contributed by atoms with Crippen molar-refractivity contribution in [1.82, 2.24) is 4.72 Å². The summed E-state index contributed by atoms with van der Waals surface area (Å²) < 4.78 is 45.0. The summed E-state index contributed by atoms with van der Waals surface area (Å²) in [5, 5.41) is 0. The van der Waals surface area contributed by atoms with E-state index in [9.17, 15) is 12.8 Å². The maximum absolute atomic E-state index is 13.6. The number of thiocarbonyl (C=S) groups is 1. The summed E-state index contributed by atoms with van der Waals surface area (Å²) in [6, 6.07) is 3.64. The molecule has 3 N–H and O–H groups in total. The van der Waals surface area contributed by atoms with Crippen LogP contribution in [0.2, 0.25) is 0 Å². The highest BCUT2D eigenvalue weighted by Crippen LogP contribution is 2.18. The van der Waals surface area contributed by atoms with E-state index in [0.29, 0.717) is 6.61 Å². The lowest BCUT2D eigenvalue weighted by Crippen LogP contribution is -2.30. The molecule has 8 heteroatoms. The highest BCUT2D eigenvalue weighted by molar-refractivity contribution is 7.89. The predicted octanol–water partition coefficient (Wildman–Crippen LogP) is 0.775. The lowest BCUT2D eigenvalue weighted by Gasteiger charge is -2.11. The van der Waals surface area contributed by atoms with Gasteiger partial charge in [-0.25, -0.2) is 17.5 Å². The lowest BCUT2D eigenvalue weighted by atomic mass is 10.2.